The molecule has 0 bridgehead atoms. The van der Waals surface area contributed by atoms with Crippen molar-refractivity contribution < 1.29 is 57.4 Å². The summed E-state index contributed by atoms with van der Waals surface area (Å²) in [6, 6.07) is 9.69. The average Bonchev–Trinajstić information content (AvgIpc) is 3.02. The van der Waals surface area contributed by atoms with Crippen LogP contribution in [0.1, 0.15) is 31.9 Å². The normalized spacial score (nSPS) is 11.0. The highest BCUT2D eigenvalue weighted by Gasteiger charge is 2.15. The first kappa shape index (κ1) is 39.3. The maximum atomic E-state index is 12.4. The first-order valence-electron chi connectivity index (χ1n) is 14.8. The maximum absolute atomic E-state index is 12.4. The number of hydrogen-bond acceptors (Lipinski definition) is 13. The monoisotopic (exact) mass is 684 g/mol. The zero-order valence-corrected chi connectivity index (χ0v) is 27.9. The zero-order valence-electron chi connectivity index (χ0n) is 27.9. The second-order valence-electron chi connectivity index (χ2n) is 10.4. The summed E-state index contributed by atoms with van der Waals surface area (Å²) in [4.78, 5) is 73.2. The minimum atomic E-state index is -0.818. The number of anilines is 3. The largest absolute Gasteiger partial charge is 0.460 e. The summed E-state index contributed by atoms with van der Waals surface area (Å²) < 4.78 is 25.1. The van der Waals surface area contributed by atoms with Gasteiger partial charge in [0.1, 0.15) is 39.1 Å². The molecule has 0 aliphatic rings. The highest BCUT2D eigenvalue weighted by atomic mass is 17.2. The number of esters is 2. The number of hydrogen-bond donors (Lipinski definition) is 3. The molecule has 0 radical (unpaired) electrons. The van der Waals surface area contributed by atoms with Crippen molar-refractivity contribution in [3.05, 3.63) is 71.8 Å². The van der Waals surface area contributed by atoms with Crippen molar-refractivity contribution in [1.82, 2.24) is 0 Å². The van der Waals surface area contributed by atoms with Crippen molar-refractivity contribution in [3.8, 4) is 0 Å². The molecule has 0 spiro atoms. The number of aliphatic imine (C=N–C) groups is 1. The summed E-state index contributed by atoms with van der Waals surface area (Å²) in [7, 11) is 0. The molecule has 0 aliphatic carbocycles. The molecule has 0 fully saturated rings. The first-order valence-corrected chi connectivity index (χ1v) is 14.8. The quantitative estimate of drug-likeness (QED) is 0.0262. The van der Waals surface area contributed by atoms with Crippen LogP contribution in [0.15, 0.2) is 65.7 Å². The van der Waals surface area contributed by atoms with E-state index in [4.69, 9.17) is 33.5 Å². The Hall–Kier alpha value is -5.90. The van der Waals surface area contributed by atoms with Gasteiger partial charge in [0.15, 0.2) is 0 Å². The van der Waals surface area contributed by atoms with E-state index in [2.05, 4.69) is 34.1 Å². The third-order valence-corrected chi connectivity index (χ3v) is 5.73. The Morgan fingerprint density at radius 3 is 1.92 bits per heavy atom. The van der Waals surface area contributed by atoms with Gasteiger partial charge in [0, 0.05) is 28.2 Å². The van der Waals surface area contributed by atoms with Crippen molar-refractivity contribution in [2.24, 2.45) is 4.99 Å². The van der Waals surface area contributed by atoms with Gasteiger partial charge in [-0.3, -0.25) is 16.0 Å². The van der Waals surface area contributed by atoms with E-state index in [9.17, 15) is 24.0 Å². The zero-order chi connectivity index (χ0) is 36.3. The number of nitrogens with zero attached hydrogens (tertiary/aromatic N) is 1. The van der Waals surface area contributed by atoms with Crippen LogP contribution in [0.25, 0.3) is 0 Å². The van der Waals surface area contributed by atoms with Crippen LogP contribution < -0.4 is 16.0 Å². The third kappa shape index (κ3) is 16.0. The topological polar surface area (TPSA) is 198 Å². The number of ether oxygens (including phenoxy) is 5. The molecule has 0 saturated carbocycles. The van der Waals surface area contributed by atoms with Crippen LogP contribution in [0.3, 0.4) is 0 Å². The van der Waals surface area contributed by atoms with E-state index in [1.54, 1.807) is 51.1 Å². The van der Waals surface area contributed by atoms with Gasteiger partial charge in [-0.1, -0.05) is 13.2 Å². The van der Waals surface area contributed by atoms with Crippen molar-refractivity contribution in [3.63, 3.8) is 0 Å². The number of carbonyl (C=O) groups is 5. The van der Waals surface area contributed by atoms with Gasteiger partial charge in [0.2, 0.25) is 6.40 Å². The Morgan fingerprint density at radius 2 is 1.33 bits per heavy atom. The molecular weight excluding hydrogens is 644 g/mol. The van der Waals surface area contributed by atoms with Gasteiger partial charge in [0.25, 0.3) is 0 Å². The molecule has 49 heavy (non-hydrogen) atoms. The van der Waals surface area contributed by atoms with Gasteiger partial charge in [-0.2, -0.15) is 4.89 Å². The SMILES string of the molecule is C=C(C)C(=O)OCCOOC=Nc1ccc(NC(=O)OC(C)COC(=O)Nc2cc(C)cc(NC(=O)OCCOC(=O)C(=C)C)c2)c(C)c1. The third-order valence-electron chi connectivity index (χ3n) is 5.73. The summed E-state index contributed by atoms with van der Waals surface area (Å²) in [6.45, 7) is 14.4. The molecule has 0 saturated heterocycles. The van der Waals surface area contributed by atoms with Crippen LogP contribution in [-0.4, -0.2) is 75.8 Å². The fourth-order valence-corrected chi connectivity index (χ4v) is 3.50. The molecule has 16 nitrogen and oxygen atoms in total. The van der Waals surface area contributed by atoms with Crippen LogP contribution in [0.4, 0.5) is 37.1 Å². The van der Waals surface area contributed by atoms with Crippen LogP contribution in [0, 0.1) is 13.8 Å². The molecule has 2 rings (SSSR count). The van der Waals surface area contributed by atoms with E-state index in [1.807, 2.05) is 0 Å². The number of benzene rings is 2. The maximum Gasteiger partial charge on any atom is 0.412 e. The molecule has 2 aromatic rings. The predicted octanol–water partition coefficient (Wildman–Crippen LogP) is 5.88. The summed E-state index contributed by atoms with van der Waals surface area (Å²) in [5.74, 6) is -1.11. The minimum Gasteiger partial charge on any atom is -0.460 e. The second-order valence-corrected chi connectivity index (χ2v) is 10.4. The van der Waals surface area contributed by atoms with Gasteiger partial charge >= 0.3 is 30.2 Å². The van der Waals surface area contributed by atoms with E-state index in [-0.39, 0.29) is 44.2 Å². The molecule has 0 heterocycles. The Balaban J connectivity index is 1.73. The van der Waals surface area contributed by atoms with E-state index >= 15 is 0 Å². The minimum absolute atomic E-state index is 0.00504. The molecule has 3 amide bonds. The summed E-state index contributed by atoms with van der Waals surface area (Å²) in [6.07, 6.45) is -2.10. The van der Waals surface area contributed by atoms with Gasteiger partial charge in [0.05, 0.1) is 5.69 Å². The van der Waals surface area contributed by atoms with Crippen molar-refractivity contribution in [2.45, 2.75) is 40.7 Å². The highest BCUT2D eigenvalue weighted by molar-refractivity contribution is 5.90. The van der Waals surface area contributed by atoms with Crippen LogP contribution >= 0.6 is 0 Å². The lowest BCUT2D eigenvalue weighted by atomic mass is 10.2. The Labute approximate surface area is 283 Å². The van der Waals surface area contributed by atoms with Gasteiger partial charge < -0.3 is 28.6 Å². The molecule has 3 N–H and O–H groups in total. The highest BCUT2D eigenvalue weighted by Crippen LogP contribution is 2.22. The lowest BCUT2D eigenvalue weighted by Gasteiger charge is -2.16. The lowest BCUT2D eigenvalue weighted by molar-refractivity contribution is -0.223. The molecule has 16 heteroatoms. The smallest absolute Gasteiger partial charge is 0.412 e. The van der Waals surface area contributed by atoms with E-state index in [0.717, 1.165) is 6.40 Å². The van der Waals surface area contributed by atoms with E-state index < -0.39 is 36.3 Å². The van der Waals surface area contributed by atoms with Crippen molar-refractivity contribution >= 4 is 59.4 Å². The van der Waals surface area contributed by atoms with Crippen LogP contribution in [0.2, 0.25) is 0 Å². The molecule has 2 aromatic carbocycles. The van der Waals surface area contributed by atoms with E-state index in [1.165, 1.54) is 19.9 Å². The summed E-state index contributed by atoms with van der Waals surface area (Å²) in [5.41, 5.74) is 3.53. The van der Waals surface area contributed by atoms with Gasteiger partial charge in [-0.25, -0.2) is 29.0 Å². The molecule has 1 unspecified atom stereocenters. The van der Waals surface area contributed by atoms with Gasteiger partial charge in [-0.05, 0) is 82.1 Å². The standard InChI is InChI=1S/C33H40N4O12/c1-20(2)29(38)43-10-11-45-31(40)35-26-14-22(5)15-27(17-26)36-32(41)46-18-24(7)49-33(42)37-28-9-8-25(16-23(28)6)34-19-48-47-13-12-44-30(39)21(3)4/h8-9,14-17,19,24H,1,3,10-13,18H2,2,4-7H3,(H,35,40)(H,36,41)(H,37,42). The number of amides is 3. The Bertz CT molecular complexity index is 1560. The fraction of sp³-hybridized carbons (Fsp3) is 0.333. The number of aryl methyl sites for hydroxylation is 2. The first-order chi connectivity index (χ1) is 23.2. The van der Waals surface area contributed by atoms with E-state index in [0.29, 0.717) is 33.9 Å². The summed E-state index contributed by atoms with van der Waals surface area (Å²) >= 11 is 0. The lowest BCUT2D eigenvalue weighted by Crippen LogP contribution is -2.26. The Morgan fingerprint density at radius 1 is 0.755 bits per heavy atom. The van der Waals surface area contributed by atoms with Crippen LogP contribution in [-0.2, 0) is 43.0 Å². The molecule has 1 atom stereocenters. The number of carbonyl (C=O) groups excluding carboxylic acids is 5. The van der Waals surface area contributed by atoms with Gasteiger partial charge in [-0.15, -0.1) is 0 Å². The average molecular weight is 685 g/mol. The second kappa shape index (κ2) is 20.4. The predicted molar refractivity (Wildman–Crippen MR) is 179 cm³/mol. The number of nitrogens with one attached hydrogen (secondary N) is 3. The van der Waals surface area contributed by atoms with Crippen LogP contribution in [0.5, 0.6) is 0 Å². The molecule has 264 valence electrons. The Kier molecular flexibility index (Phi) is 16.3. The molecular formula is C33H40N4O12. The van der Waals surface area contributed by atoms with Crippen molar-refractivity contribution in [1.29, 1.82) is 0 Å². The molecule has 0 aliphatic heterocycles. The molecule has 0 aromatic heterocycles. The number of rotatable bonds is 17. The fourth-order valence-electron chi connectivity index (χ4n) is 3.50. The summed E-state index contributed by atoms with van der Waals surface area (Å²) in [5, 5.41) is 7.68. The van der Waals surface area contributed by atoms with Crippen molar-refractivity contribution in [2.75, 3.05) is 49.0 Å².